The molecule has 0 aromatic heterocycles. The number of aliphatic hydroxyl groups is 7. The molecule has 0 radical (unpaired) electrons. The topological polar surface area (TPSA) is 189 Å². The summed E-state index contributed by atoms with van der Waals surface area (Å²) in [4.78, 5) is 13.2. The zero-order chi connectivity index (χ0) is 52.5. The largest absolute Gasteiger partial charge is 0.394 e. The minimum atomic E-state index is -1.66. The van der Waals surface area contributed by atoms with Gasteiger partial charge < -0.3 is 50.5 Å². The molecule has 1 amide bonds. The molecule has 1 aliphatic heterocycles. The van der Waals surface area contributed by atoms with Gasteiger partial charge in [0.1, 0.15) is 36.6 Å². The number of carbonyl (C=O) groups excluding carboxylic acids is 1. The Labute approximate surface area is 442 Å². The second kappa shape index (κ2) is 50.4. The molecule has 9 atom stereocenters. The molecule has 1 aliphatic rings. The normalized spacial score (nSPS) is 20.2. The third-order valence-electron chi connectivity index (χ3n) is 15.0. The summed E-state index contributed by atoms with van der Waals surface area (Å²) in [7, 11) is 0. The van der Waals surface area contributed by atoms with Gasteiger partial charge in [-0.3, -0.25) is 4.79 Å². The predicted molar refractivity (Wildman–Crippen MR) is 298 cm³/mol. The van der Waals surface area contributed by atoms with Gasteiger partial charge in [-0.1, -0.05) is 269 Å². The average molecular weight is 1020 g/mol. The molecule has 0 saturated carbocycles. The number of carbonyl (C=O) groups is 1. The van der Waals surface area contributed by atoms with Crippen LogP contribution in [0.25, 0.3) is 0 Å². The molecular weight excluding hydrogens is 907 g/mol. The maximum atomic E-state index is 13.2. The lowest BCUT2D eigenvalue weighted by molar-refractivity contribution is -0.303. The fourth-order valence-electron chi connectivity index (χ4n) is 10.0. The second-order valence-electron chi connectivity index (χ2n) is 21.8. The van der Waals surface area contributed by atoms with Crippen molar-refractivity contribution in [3.8, 4) is 0 Å². The van der Waals surface area contributed by atoms with Gasteiger partial charge in [-0.15, -0.1) is 0 Å². The maximum absolute atomic E-state index is 13.2. The van der Waals surface area contributed by atoms with E-state index in [1.54, 1.807) is 0 Å². The number of unbranched alkanes of at least 4 members (excludes halogenated alkanes) is 37. The zero-order valence-corrected chi connectivity index (χ0v) is 46.7. The number of aliphatic hydroxyl groups excluding tert-OH is 7. The first-order valence-corrected chi connectivity index (χ1v) is 30.7. The van der Waals surface area contributed by atoms with Crippen LogP contribution in [0.4, 0.5) is 0 Å². The lowest BCUT2D eigenvalue weighted by Crippen LogP contribution is -2.60. The van der Waals surface area contributed by atoms with Crippen LogP contribution in [-0.2, 0) is 14.3 Å². The van der Waals surface area contributed by atoms with Crippen LogP contribution in [0, 0.1) is 0 Å². The van der Waals surface area contributed by atoms with Crippen LogP contribution in [0.2, 0.25) is 0 Å². The van der Waals surface area contributed by atoms with Gasteiger partial charge in [-0.25, -0.2) is 0 Å². The van der Waals surface area contributed by atoms with E-state index < -0.39 is 74.2 Å². The standard InChI is InChI=1S/C61H117NO10/c1-3-5-7-9-11-13-15-17-19-21-22-23-24-25-26-27-28-29-30-31-32-33-35-36-38-40-42-44-46-48-53(64)56(66)52(51-71-61-59(69)58(68)57(67)55(50-63)72-61)62-60(70)54(65)49-47-45-43-41-39-37-34-20-18-16-14-12-10-8-6-4-2/h12,14,18,20,52-59,61,63-69H,3-11,13,15-17,19,21-51H2,1-2H3,(H,62,70)/b14-12-,20-18-. The predicted octanol–water partition coefficient (Wildman–Crippen LogP) is 13.3. The summed E-state index contributed by atoms with van der Waals surface area (Å²) in [5.41, 5.74) is 0. The van der Waals surface area contributed by atoms with Crippen LogP contribution in [0.5, 0.6) is 0 Å². The van der Waals surface area contributed by atoms with Crippen molar-refractivity contribution in [3.63, 3.8) is 0 Å². The maximum Gasteiger partial charge on any atom is 0.249 e. The molecule has 72 heavy (non-hydrogen) atoms. The average Bonchev–Trinajstić information content (AvgIpc) is 3.38. The smallest absolute Gasteiger partial charge is 0.249 e. The minimum Gasteiger partial charge on any atom is -0.394 e. The molecule has 1 fully saturated rings. The number of amides is 1. The number of allylic oxidation sites excluding steroid dienone is 4. The van der Waals surface area contributed by atoms with Crippen LogP contribution in [0.15, 0.2) is 24.3 Å². The van der Waals surface area contributed by atoms with Gasteiger partial charge in [0.25, 0.3) is 0 Å². The van der Waals surface area contributed by atoms with Gasteiger partial charge in [0.2, 0.25) is 5.91 Å². The van der Waals surface area contributed by atoms with Gasteiger partial charge in [0.15, 0.2) is 6.29 Å². The number of ether oxygens (including phenoxy) is 2. The first-order chi connectivity index (χ1) is 35.2. The van der Waals surface area contributed by atoms with E-state index in [4.69, 9.17) is 9.47 Å². The molecule has 0 aromatic rings. The summed E-state index contributed by atoms with van der Waals surface area (Å²) in [5, 5.41) is 76.2. The number of rotatable bonds is 53. The lowest BCUT2D eigenvalue weighted by atomic mass is 9.98. The van der Waals surface area contributed by atoms with Crippen LogP contribution < -0.4 is 5.32 Å². The quantitative estimate of drug-likeness (QED) is 0.0215. The van der Waals surface area contributed by atoms with Gasteiger partial charge in [0, 0.05) is 0 Å². The zero-order valence-electron chi connectivity index (χ0n) is 46.7. The van der Waals surface area contributed by atoms with Crippen molar-refractivity contribution >= 4 is 5.91 Å². The van der Waals surface area contributed by atoms with Gasteiger partial charge >= 0.3 is 0 Å². The van der Waals surface area contributed by atoms with Crippen LogP contribution in [0.1, 0.15) is 290 Å². The number of nitrogens with one attached hydrogen (secondary N) is 1. The highest BCUT2D eigenvalue weighted by Crippen LogP contribution is 2.24. The highest BCUT2D eigenvalue weighted by Gasteiger charge is 2.44. The first kappa shape index (κ1) is 68.6. The Bertz CT molecular complexity index is 1220. The fourth-order valence-corrected chi connectivity index (χ4v) is 10.0. The molecular formula is C61H117NO10. The van der Waals surface area contributed by atoms with E-state index in [2.05, 4.69) is 43.5 Å². The van der Waals surface area contributed by atoms with Crippen LogP contribution >= 0.6 is 0 Å². The van der Waals surface area contributed by atoms with Crippen molar-refractivity contribution in [1.29, 1.82) is 0 Å². The van der Waals surface area contributed by atoms with E-state index in [-0.39, 0.29) is 6.42 Å². The van der Waals surface area contributed by atoms with Crippen molar-refractivity contribution in [2.45, 2.75) is 345 Å². The molecule has 1 heterocycles. The summed E-state index contributed by atoms with van der Waals surface area (Å²) < 4.78 is 11.2. The molecule has 9 unspecified atom stereocenters. The van der Waals surface area contributed by atoms with E-state index in [9.17, 15) is 40.5 Å². The minimum absolute atomic E-state index is 0.249. The van der Waals surface area contributed by atoms with Crippen molar-refractivity contribution in [2.24, 2.45) is 0 Å². The Morgan fingerprint density at radius 3 is 1.26 bits per heavy atom. The van der Waals surface area contributed by atoms with Gasteiger partial charge in [-0.2, -0.15) is 0 Å². The Morgan fingerprint density at radius 1 is 0.486 bits per heavy atom. The molecule has 0 aromatic carbocycles. The Hall–Kier alpha value is -1.41. The van der Waals surface area contributed by atoms with Crippen LogP contribution in [-0.4, -0.2) is 110 Å². The lowest BCUT2D eigenvalue weighted by Gasteiger charge is -2.40. The molecule has 426 valence electrons. The summed E-state index contributed by atoms with van der Waals surface area (Å²) in [6, 6.07) is -1.17. The summed E-state index contributed by atoms with van der Waals surface area (Å²) in [6.07, 6.45) is 49.6. The summed E-state index contributed by atoms with van der Waals surface area (Å²) in [6.45, 7) is 3.45. The SMILES string of the molecule is CCCCC/C=C\C/C=C\CCCCCCCCC(O)C(=O)NC(COC1OC(CO)C(O)C(O)C1O)C(O)C(O)CCCCCCCCCCCCCCCCCCCCCCCCCCCCCCC. The van der Waals surface area contributed by atoms with Crippen molar-refractivity contribution in [3.05, 3.63) is 24.3 Å². The summed E-state index contributed by atoms with van der Waals surface area (Å²) >= 11 is 0. The fraction of sp³-hybridized carbons (Fsp3) is 0.918. The molecule has 11 heteroatoms. The Kier molecular flexibility index (Phi) is 48.0. The third-order valence-corrected chi connectivity index (χ3v) is 15.0. The first-order valence-electron chi connectivity index (χ1n) is 30.7. The molecule has 1 saturated heterocycles. The highest BCUT2D eigenvalue weighted by atomic mass is 16.7. The van der Waals surface area contributed by atoms with Crippen molar-refractivity contribution in [1.82, 2.24) is 5.32 Å². The Balaban J connectivity index is 2.24. The van der Waals surface area contributed by atoms with Gasteiger partial charge in [-0.05, 0) is 44.9 Å². The van der Waals surface area contributed by atoms with E-state index in [0.717, 1.165) is 64.2 Å². The molecule has 0 bridgehead atoms. The highest BCUT2D eigenvalue weighted by molar-refractivity contribution is 5.80. The van der Waals surface area contributed by atoms with E-state index >= 15 is 0 Å². The monoisotopic (exact) mass is 1020 g/mol. The van der Waals surface area contributed by atoms with E-state index in [1.807, 2.05) is 0 Å². The van der Waals surface area contributed by atoms with Gasteiger partial charge in [0.05, 0.1) is 25.4 Å². The molecule has 8 N–H and O–H groups in total. The second-order valence-corrected chi connectivity index (χ2v) is 21.8. The van der Waals surface area contributed by atoms with Crippen molar-refractivity contribution in [2.75, 3.05) is 13.2 Å². The van der Waals surface area contributed by atoms with Crippen LogP contribution in [0.3, 0.4) is 0 Å². The third kappa shape index (κ3) is 38.2. The number of hydrogen-bond acceptors (Lipinski definition) is 10. The van der Waals surface area contributed by atoms with E-state index in [0.29, 0.717) is 19.3 Å². The molecule has 11 nitrogen and oxygen atoms in total. The molecule has 0 aliphatic carbocycles. The van der Waals surface area contributed by atoms with E-state index in [1.165, 1.54) is 186 Å². The van der Waals surface area contributed by atoms with Crippen molar-refractivity contribution < 1.29 is 50.0 Å². The number of hydrogen-bond donors (Lipinski definition) is 8. The molecule has 0 spiro atoms. The molecule has 1 rings (SSSR count). The Morgan fingerprint density at radius 2 is 0.847 bits per heavy atom. The summed E-state index contributed by atoms with van der Waals surface area (Å²) in [5.74, 6) is -0.702.